The number of likely N-dealkylation sites (N-methyl/N-ethyl adjacent to an activating group) is 1. The Morgan fingerprint density at radius 2 is 2.04 bits per heavy atom. The molecular weight excluding hydrogens is 304 g/mol. The Bertz CT molecular complexity index is 709. The van der Waals surface area contributed by atoms with Gasteiger partial charge in [0, 0.05) is 7.05 Å². The third-order valence-electron chi connectivity index (χ3n) is 4.41. The molecule has 1 aromatic carbocycles. The maximum absolute atomic E-state index is 12.4. The standard InChI is InChI=1S/C19H22N2O3/c1-21(19(23)17-11-6-12-24-17)13-18(22)20-16-10-5-3-8-14-7-2-4-9-15(14)16/h2,4,6-7,9,11-12,16H,3,5,8,10,13H2,1H3,(H,20,22)/t16-/m0/s1. The Morgan fingerprint density at radius 1 is 1.21 bits per heavy atom. The van der Waals surface area contributed by atoms with E-state index in [9.17, 15) is 9.59 Å². The molecule has 1 heterocycles. The van der Waals surface area contributed by atoms with Crippen molar-refractivity contribution in [3.63, 3.8) is 0 Å². The van der Waals surface area contributed by atoms with Gasteiger partial charge < -0.3 is 14.6 Å². The summed E-state index contributed by atoms with van der Waals surface area (Å²) >= 11 is 0. The number of carbonyl (C=O) groups excluding carboxylic acids is 2. The second kappa shape index (κ2) is 7.34. The zero-order chi connectivity index (χ0) is 16.9. The van der Waals surface area contributed by atoms with Crippen LogP contribution in [0.25, 0.3) is 0 Å². The molecule has 0 saturated carbocycles. The minimum Gasteiger partial charge on any atom is -0.459 e. The smallest absolute Gasteiger partial charge is 0.289 e. The Kier molecular flexibility index (Phi) is 4.99. The van der Waals surface area contributed by atoms with Crippen LogP contribution in [0.3, 0.4) is 0 Å². The number of nitrogens with zero attached hydrogens (tertiary/aromatic N) is 1. The molecule has 5 nitrogen and oxygen atoms in total. The fourth-order valence-corrected chi connectivity index (χ4v) is 3.19. The van der Waals surface area contributed by atoms with Gasteiger partial charge >= 0.3 is 0 Å². The molecule has 24 heavy (non-hydrogen) atoms. The van der Waals surface area contributed by atoms with Crippen molar-refractivity contribution in [2.45, 2.75) is 31.7 Å². The van der Waals surface area contributed by atoms with E-state index >= 15 is 0 Å². The van der Waals surface area contributed by atoms with Gasteiger partial charge in [0.15, 0.2) is 5.76 Å². The van der Waals surface area contributed by atoms with Crippen LogP contribution in [-0.2, 0) is 11.2 Å². The first-order valence-corrected chi connectivity index (χ1v) is 8.31. The van der Waals surface area contributed by atoms with E-state index in [0.717, 1.165) is 25.7 Å². The van der Waals surface area contributed by atoms with Gasteiger partial charge in [0.25, 0.3) is 5.91 Å². The molecule has 0 spiro atoms. The molecular formula is C19H22N2O3. The average Bonchev–Trinajstić information content (AvgIpc) is 3.04. The van der Waals surface area contributed by atoms with Gasteiger partial charge in [-0.25, -0.2) is 0 Å². The van der Waals surface area contributed by atoms with Crippen molar-refractivity contribution in [1.29, 1.82) is 0 Å². The second-order valence-corrected chi connectivity index (χ2v) is 6.20. The van der Waals surface area contributed by atoms with E-state index < -0.39 is 0 Å². The van der Waals surface area contributed by atoms with Crippen LogP contribution in [-0.4, -0.2) is 30.3 Å². The highest BCUT2D eigenvalue weighted by Crippen LogP contribution is 2.28. The van der Waals surface area contributed by atoms with Crippen LogP contribution in [0.4, 0.5) is 0 Å². The van der Waals surface area contributed by atoms with Crippen molar-refractivity contribution in [1.82, 2.24) is 10.2 Å². The molecule has 0 aliphatic heterocycles. The fourth-order valence-electron chi connectivity index (χ4n) is 3.19. The molecule has 0 saturated heterocycles. The first-order valence-electron chi connectivity index (χ1n) is 8.31. The summed E-state index contributed by atoms with van der Waals surface area (Å²) in [6.07, 6.45) is 5.66. The highest BCUT2D eigenvalue weighted by atomic mass is 16.3. The van der Waals surface area contributed by atoms with Crippen LogP contribution in [0.2, 0.25) is 0 Å². The van der Waals surface area contributed by atoms with Gasteiger partial charge in [-0.15, -0.1) is 0 Å². The summed E-state index contributed by atoms with van der Waals surface area (Å²) in [4.78, 5) is 25.9. The lowest BCUT2D eigenvalue weighted by Crippen LogP contribution is -2.39. The number of carbonyl (C=O) groups is 2. The molecule has 0 radical (unpaired) electrons. The maximum Gasteiger partial charge on any atom is 0.289 e. The summed E-state index contributed by atoms with van der Waals surface area (Å²) in [5.41, 5.74) is 2.50. The van der Waals surface area contributed by atoms with Crippen molar-refractivity contribution in [3.05, 3.63) is 59.5 Å². The second-order valence-electron chi connectivity index (χ2n) is 6.20. The molecule has 1 N–H and O–H groups in total. The molecule has 1 atom stereocenters. The molecule has 0 bridgehead atoms. The summed E-state index contributed by atoms with van der Waals surface area (Å²) in [5, 5.41) is 3.08. The zero-order valence-electron chi connectivity index (χ0n) is 13.8. The largest absolute Gasteiger partial charge is 0.459 e. The van der Waals surface area contributed by atoms with E-state index in [1.54, 1.807) is 19.2 Å². The van der Waals surface area contributed by atoms with Gasteiger partial charge in [0.2, 0.25) is 5.91 Å². The zero-order valence-corrected chi connectivity index (χ0v) is 13.8. The number of aryl methyl sites for hydroxylation is 1. The Balaban J connectivity index is 1.63. The van der Waals surface area contributed by atoms with Crippen LogP contribution in [0.1, 0.15) is 47.0 Å². The van der Waals surface area contributed by atoms with Crippen LogP contribution >= 0.6 is 0 Å². The van der Waals surface area contributed by atoms with Crippen molar-refractivity contribution in [2.24, 2.45) is 0 Å². The van der Waals surface area contributed by atoms with Crippen LogP contribution in [0.15, 0.2) is 47.1 Å². The topological polar surface area (TPSA) is 62.6 Å². The van der Waals surface area contributed by atoms with Crippen LogP contribution in [0, 0.1) is 0 Å². The van der Waals surface area contributed by atoms with Crippen molar-refractivity contribution in [3.8, 4) is 0 Å². The molecule has 126 valence electrons. The normalized spacial score (nSPS) is 16.8. The van der Waals surface area contributed by atoms with E-state index in [-0.39, 0.29) is 30.2 Å². The quantitative estimate of drug-likeness (QED) is 0.879. The molecule has 2 amide bonds. The van der Waals surface area contributed by atoms with Gasteiger partial charge in [-0.05, 0) is 42.5 Å². The first kappa shape index (κ1) is 16.3. The number of amides is 2. The minimum absolute atomic E-state index is 0.0121. The number of rotatable bonds is 4. The number of benzene rings is 1. The minimum atomic E-state index is -0.295. The Hall–Kier alpha value is -2.56. The lowest BCUT2D eigenvalue weighted by atomic mass is 9.99. The molecule has 0 unspecified atom stereocenters. The van der Waals surface area contributed by atoms with Crippen molar-refractivity contribution >= 4 is 11.8 Å². The third-order valence-corrected chi connectivity index (χ3v) is 4.41. The maximum atomic E-state index is 12.4. The highest BCUT2D eigenvalue weighted by molar-refractivity contribution is 5.94. The van der Waals surface area contributed by atoms with Gasteiger partial charge in [-0.2, -0.15) is 0 Å². The summed E-state index contributed by atoms with van der Waals surface area (Å²) in [6, 6.07) is 11.5. The van der Waals surface area contributed by atoms with Crippen LogP contribution in [0.5, 0.6) is 0 Å². The molecule has 1 aromatic heterocycles. The number of hydrogen-bond donors (Lipinski definition) is 1. The first-order chi connectivity index (χ1) is 11.6. The molecule has 1 aliphatic carbocycles. The fraction of sp³-hybridized carbons (Fsp3) is 0.368. The van der Waals surface area contributed by atoms with E-state index in [0.29, 0.717) is 0 Å². The van der Waals surface area contributed by atoms with E-state index in [1.165, 1.54) is 22.3 Å². The van der Waals surface area contributed by atoms with Crippen molar-refractivity contribution < 1.29 is 14.0 Å². The average molecular weight is 326 g/mol. The monoisotopic (exact) mass is 326 g/mol. The van der Waals surface area contributed by atoms with Crippen LogP contribution < -0.4 is 5.32 Å². The Morgan fingerprint density at radius 3 is 2.83 bits per heavy atom. The summed E-state index contributed by atoms with van der Waals surface area (Å²) in [6.45, 7) is 0.0121. The summed E-state index contributed by atoms with van der Waals surface area (Å²) in [5.74, 6) is -0.208. The summed E-state index contributed by atoms with van der Waals surface area (Å²) < 4.78 is 5.09. The number of hydrogen-bond acceptors (Lipinski definition) is 3. The number of nitrogens with one attached hydrogen (secondary N) is 1. The molecule has 2 aromatic rings. The highest BCUT2D eigenvalue weighted by Gasteiger charge is 2.22. The SMILES string of the molecule is CN(CC(=O)N[C@H]1CCCCc2ccccc21)C(=O)c1ccco1. The number of fused-ring (bicyclic) bond motifs is 1. The predicted octanol–water partition coefficient (Wildman–Crippen LogP) is 2.94. The molecule has 0 fully saturated rings. The molecule has 5 heteroatoms. The van der Waals surface area contributed by atoms with Gasteiger partial charge in [0.05, 0.1) is 18.8 Å². The Labute approximate surface area is 141 Å². The van der Waals surface area contributed by atoms with Crippen molar-refractivity contribution in [2.75, 3.05) is 13.6 Å². The summed E-state index contributed by atoms with van der Waals surface area (Å²) in [7, 11) is 1.60. The van der Waals surface area contributed by atoms with E-state index in [4.69, 9.17) is 4.42 Å². The van der Waals surface area contributed by atoms with E-state index in [1.807, 2.05) is 12.1 Å². The molecule has 3 rings (SSSR count). The lowest BCUT2D eigenvalue weighted by molar-refractivity contribution is -0.122. The predicted molar refractivity (Wildman–Crippen MR) is 90.5 cm³/mol. The van der Waals surface area contributed by atoms with E-state index in [2.05, 4.69) is 17.4 Å². The van der Waals surface area contributed by atoms with Gasteiger partial charge in [0.1, 0.15) is 0 Å². The number of furan rings is 1. The van der Waals surface area contributed by atoms with Gasteiger partial charge in [-0.3, -0.25) is 9.59 Å². The lowest BCUT2D eigenvalue weighted by Gasteiger charge is -2.21. The third kappa shape index (κ3) is 3.67. The van der Waals surface area contributed by atoms with Gasteiger partial charge in [-0.1, -0.05) is 30.7 Å². The molecule has 1 aliphatic rings.